The third kappa shape index (κ3) is 2.34. The molecule has 3 heterocycles. The molecular weight excluding hydrogens is 238 g/mol. The van der Waals surface area contributed by atoms with Crippen LogP contribution in [-0.4, -0.2) is 67.5 Å². The fourth-order valence-electron chi connectivity index (χ4n) is 2.91. The second-order valence-corrected chi connectivity index (χ2v) is 5.52. The highest BCUT2D eigenvalue weighted by Gasteiger charge is 2.46. The zero-order valence-corrected chi connectivity index (χ0v) is 11.0. The van der Waals surface area contributed by atoms with Gasteiger partial charge < -0.3 is 14.2 Å². The van der Waals surface area contributed by atoms with Gasteiger partial charge in [-0.15, -0.1) is 0 Å². The van der Waals surface area contributed by atoms with Crippen molar-refractivity contribution in [3.8, 4) is 0 Å². The van der Waals surface area contributed by atoms with Crippen molar-refractivity contribution in [3.63, 3.8) is 0 Å². The van der Waals surface area contributed by atoms with Gasteiger partial charge in [0, 0.05) is 38.2 Å². The SMILES string of the molecule is C1CCN(C2(N3CCOSC3)CNCCO2)C1. The fourth-order valence-corrected chi connectivity index (χ4v) is 3.63. The highest BCUT2D eigenvalue weighted by molar-refractivity contribution is 7.94. The number of ether oxygens (including phenoxy) is 1. The molecule has 3 saturated heterocycles. The van der Waals surface area contributed by atoms with E-state index in [9.17, 15) is 0 Å². The normalized spacial score (nSPS) is 37.4. The quantitative estimate of drug-likeness (QED) is 0.719. The van der Waals surface area contributed by atoms with Crippen molar-refractivity contribution in [2.45, 2.75) is 18.7 Å². The lowest BCUT2D eigenvalue weighted by Crippen LogP contribution is -2.69. The van der Waals surface area contributed by atoms with Crippen LogP contribution in [0.3, 0.4) is 0 Å². The molecule has 0 aromatic rings. The maximum atomic E-state index is 6.21. The van der Waals surface area contributed by atoms with Gasteiger partial charge in [-0.25, -0.2) is 4.90 Å². The number of morpholine rings is 1. The Kier molecular flexibility index (Phi) is 3.89. The molecule has 0 aliphatic carbocycles. The first-order valence-corrected chi connectivity index (χ1v) is 7.42. The molecule has 98 valence electrons. The molecule has 0 radical (unpaired) electrons. The Morgan fingerprint density at radius 2 is 1.94 bits per heavy atom. The minimum absolute atomic E-state index is 0.217. The van der Waals surface area contributed by atoms with Gasteiger partial charge in [0.25, 0.3) is 0 Å². The molecule has 0 amide bonds. The number of nitrogens with zero attached hydrogens (tertiary/aromatic N) is 2. The van der Waals surface area contributed by atoms with Gasteiger partial charge in [-0.05, 0) is 12.8 Å². The number of hydrogen-bond acceptors (Lipinski definition) is 6. The number of hydrogen-bond donors (Lipinski definition) is 1. The molecule has 3 aliphatic rings. The van der Waals surface area contributed by atoms with Crippen molar-refractivity contribution in [2.75, 3.05) is 51.8 Å². The fraction of sp³-hybridized carbons (Fsp3) is 1.00. The topological polar surface area (TPSA) is 37.0 Å². The average Bonchev–Trinajstić information content (AvgIpc) is 2.95. The molecule has 3 rings (SSSR count). The van der Waals surface area contributed by atoms with Crippen LogP contribution in [0.2, 0.25) is 0 Å². The molecule has 0 bridgehead atoms. The second kappa shape index (κ2) is 5.42. The van der Waals surface area contributed by atoms with E-state index in [2.05, 4.69) is 15.1 Å². The molecule has 6 heteroatoms. The van der Waals surface area contributed by atoms with Crippen molar-refractivity contribution in [1.29, 1.82) is 0 Å². The van der Waals surface area contributed by atoms with E-state index < -0.39 is 0 Å². The van der Waals surface area contributed by atoms with Crippen molar-refractivity contribution >= 4 is 12.0 Å². The standard InChI is InChI=1S/C11H21N3O2S/c1-2-5-13(4-1)11(9-12-3-7-15-11)14-6-8-16-17-10-14/h12H,1-10H2. The number of nitrogens with one attached hydrogen (secondary N) is 1. The Hall–Kier alpha value is 0.150. The maximum absolute atomic E-state index is 6.21. The Labute approximate surface area is 107 Å². The molecule has 3 fully saturated rings. The monoisotopic (exact) mass is 259 g/mol. The molecule has 0 aromatic heterocycles. The lowest BCUT2D eigenvalue weighted by molar-refractivity contribution is -0.250. The van der Waals surface area contributed by atoms with Gasteiger partial charge in [0.05, 0.1) is 25.6 Å². The molecular formula is C11H21N3O2S. The Morgan fingerprint density at radius 3 is 2.59 bits per heavy atom. The first-order valence-electron chi connectivity index (χ1n) is 6.51. The summed E-state index contributed by atoms with van der Waals surface area (Å²) < 4.78 is 11.6. The molecule has 0 saturated carbocycles. The van der Waals surface area contributed by atoms with Gasteiger partial charge >= 0.3 is 0 Å². The predicted molar refractivity (Wildman–Crippen MR) is 67.5 cm³/mol. The van der Waals surface area contributed by atoms with E-state index in [4.69, 9.17) is 8.92 Å². The van der Waals surface area contributed by atoms with Crippen LogP contribution in [0.5, 0.6) is 0 Å². The zero-order chi connectivity index (χ0) is 11.6. The number of likely N-dealkylation sites (tertiary alicyclic amines) is 1. The third-order valence-corrected chi connectivity index (χ3v) is 4.55. The average molecular weight is 259 g/mol. The Bertz CT molecular complexity index is 249. The molecule has 0 aromatic carbocycles. The van der Waals surface area contributed by atoms with Crippen molar-refractivity contribution in [1.82, 2.24) is 15.1 Å². The summed E-state index contributed by atoms with van der Waals surface area (Å²) in [7, 11) is 0. The van der Waals surface area contributed by atoms with E-state index in [1.165, 1.54) is 12.8 Å². The molecule has 0 spiro atoms. The second-order valence-electron chi connectivity index (χ2n) is 4.79. The zero-order valence-electron chi connectivity index (χ0n) is 10.2. The van der Waals surface area contributed by atoms with Crippen molar-refractivity contribution in [3.05, 3.63) is 0 Å². The van der Waals surface area contributed by atoms with Gasteiger partial charge in [-0.2, -0.15) is 0 Å². The summed E-state index contributed by atoms with van der Waals surface area (Å²) in [6, 6.07) is 0. The molecule has 1 atom stereocenters. The summed E-state index contributed by atoms with van der Waals surface area (Å²) in [4.78, 5) is 4.93. The van der Waals surface area contributed by atoms with Crippen LogP contribution in [0, 0.1) is 0 Å². The van der Waals surface area contributed by atoms with Crippen LogP contribution in [-0.2, 0) is 8.92 Å². The molecule has 1 unspecified atom stereocenters. The minimum Gasteiger partial charge on any atom is -0.344 e. The van der Waals surface area contributed by atoms with Gasteiger partial charge in [-0.1, -0.05) is 0 Å². The highest BCUT2D eigenvalue weighted by Crippen LogP contribution is 2.31. The van der Waals surface area contributed by atoms with E-state index >= 15 is 0 Å². The smallest absolute Gasteiger partial charge is 0.193 e. The summed E-state index contributed by atoms with van der Waals surface area (Å²) in [5.74, 6) is 0.684. The van der Waals surface area contributed by atoms with E-state index in [0.29, 0.717) is 0 Å². The Morgan fingerprint density at radius 1 is 1.06 bits per heavy atom. The van der Waals surface area contributed by atoms with Gasteiger partial charge in [0.1, 0.15) is 0 Å². The summed E-state index contributed by atoms with van der Waals surface area (Å²) in [5.41, 5.74) is 0. The minimum atomic E-state index is -0.217. The lowest BCUT2D eigenvalue weighted by atomic mass is 10.2. The van der Waals surface area contributed by atoms with Crippen LogP contribution >= 0.6 is 12.0 Å². The van der Waals surface area contributed by atoms with Crippen LogP contribution in [0.25, 0.3) is 0 Å². The maximum Gasteiger partial charge on any atom is 0.193 e. The van der Waals surface area contributed by atoms with Gasteiger partial charge in [0.2, 0.25) is 0 Å². The number of rotatable bonds is 2. The summed E-state index contributed by atoms with van der Waals surface area (Å²) in [6.07, 6.45) is 2.59. The Balaban J connectivity index is 1.78. The van der Waals surface area contributed by atoms with Crippen LogP contribution in [0.15, 0.2) is 0 Å². The van der Waals surface area contributed by atoms with E-state index in [-0.39, 0.29) is 5.85 Å². The molecule has 1 N–H and O–H groups in total. The third-order valence-electron chi connectivity index (χ3n) is 3.80. The lowest BCUT2D eigenvalue weighted by Gasteiger charge is -2.51. The van der Waals surface area contributed by atoms with Gasteiger partial charge in [0.15, 0.2) is 5.85 Å². The predicted octanol–water partition coefficient (Wildman–Crippen LogP) is 0.294. The van der Waals surface area contributed by atoms with Crippen LogP contribution < -0.4 is 5.32 Å². The van der Waals surface area contributed by atoms with Crippen molar-refractivity contribution in [2.24, 2.45) is 0 Å². The first-order chi connectivity index (χ1) is 8.42. The van der Waals surface area contributed by atoms with Crippen LogP contribution in [0.4, 0.5) is 0 Å². The summed E-state index contributed by atoms with van der Waals surface area (Å²) >= 11 is 1.55. The van der Waals surface area contributed by atoms with Crippen LogP contribution in [0.1, 0.15) is 12.8 Å². The highest BCUT2D eigenvalue weighted by atomic mass is 32.2. The van der Waals surface area contributed by atoms with E-state index in [0.717, 1.165) is 51.8 Å². The van der Waals surface area contributed by atoms with E-state index in [1.807, 2.05) is 0 Å². The summed E-state index contributed by atoms with van der Waals surface area (Å²) in [6.45, 7) is 6.75. The van der Waals surface area contributed by atoms with E-state index in [1.54, 1.807) is 12.0 Å². The first kappa shape index (κ1) is 12.2. The summed E-state index contributed by atoms with van der Waals surface area (Å²) in [5, 5.41) is 3.49. The largest absolute Gasteiger partial charge is 0.344 e. The van der Waals surface area contributed by atoms with Crippen molar-refractivity contribution < 1.29 is 8.92 Å². The molecule has 5 nitrogen and oxygen atoms in total. The van der Waals surface area contributed by atoms with Gasteiger partial charge in [-0.3, -0.25) is 4.90 Å². The molecule has 17 heavy (non-hydrogen) atoms. The molecule has 3 aliphatic heterocycles.